The molecule has 0 saturated heterocycles. The van der Waals surface area contributed by atoms with Crippen LogP contribution in [0.5, 0.6) is 11.5 Å². The zero-order chi connectivity index (χ0) is 14.5. The second-order valence-electron chi connectivity index (χ2n) is 4.53. The first-order valence-corrected chi connectivity index (χ1v) is 6.72. The fourth-order valence-electron chi connectivity index (χ4n) is 1.90. The van der Waals surface area contributed by atoms with Crippen LogP contribution in [-0.2, 0) is 6.54 Å². The number of halogens is 1. The van der Waals surface area contributed by atoms with Gasteiger partial charge in [-0.15, -0.1) is 0 Å². The fourth-order valence-corrected chi connectivity index (χ4v) is 2.13. The summed E-state index contributed by atoms with van der Waals surface area (Å²) >= 11 is 6.08. The molecule has 0 unspecified atom stereocenters. The van der Waals surface area contributed by atoms with E-state index in [0.717, 1.165) is 5.69 Å². The first-order chi connectivity index (χ1) is 9.63. The van der Waals surface area contributed by atoms with Gasteiger partial charge in [0, 0.05) is 18.7 Å². The van der Waals surface area contributed by atoms with Gasteiger partial charge in [0.15, 0.2) is 0 Å². The summed E-state index contributed by atoms with van der Waals surface area (Å²) in [6, 6.07) is 12.0. The van der Waals surface area contributed by atoms with Gasteiger partial charge < -0.3 is 14.8 Å². The van der Waals surface area contributed by atoms with Crippen molar-refractivity contribution in [2.45, 2.75) is 13.5 Å². The van der Waals surface area contributed by atoms with Crippen LogP contribution in [0.2, 0.25) is 5.02 Å². The van der Waals surface area contributed by atoms with Gasteiger partial charge in [-0.05, 0) is 12.5 Å². The molecule has 2 aromatic rings. The minimum atomic E-state index is 0.533. The predicted octanol–water partition coefficient (Wildman–Crippen LogP) is 4.28. The number of anilines is 1. The Bertz CT molecular complexity index is 582. The molecule has 0 aliphatic rings. The summed E-state index contributed by atoms with van der Waals surface area (Å²) in [5.41, 5.74) is 3.31. The van der Waals surface area contributed by atoms with Crippen LogP contribution in [0.4, 0.5) is 5.69 Å². The molecule has 0 radical (unpaired) electrons. The summed E-state index contributed by atoms with van der Waals surface area (Å²) in [5, 5.41) is 3.87. The van der Waals surface area contributed by atoms with Gasteiger partial charge in [0.05, 0.1) is 24.9 Å². The summed E-state index contributed by atoms with van der Waals surface area (Å²) < 4.78 is 10.6. The van der Waals surface area contributed by atoms with Gasteiger partial charge in [0.1, 0.15) is 11.5 Å². The molecule has 0 aliphatic carbocycles. The lowest BCUT2D eigenvalue weighted by atomic mass is 10.1. The van der Waals surface area contributed by atoms with Gasteiger partial charge >= 0.3 is 0 Å². The van der Waals surface area contributed by atoms with Gasteiger partial charge in [0.25, 0.3) is 0 Å². The SMILES string of the molecule is COc1cc(NCc2ccc(C)cc2)c(OC)cc1Cl. The quantitative estimate of drug-likeness (QED) is 0.892. The van der Waals surface area contributed by atoms with Crippen LogP contribution in [0, 0.1) is 6.92 Å². The maximum Gasteiger partial charge on any atom is 0.143 e. The molecule has 0 aliphatic heterocycles. The lowest BCUT2D eigenvalue weighted by Gasteiger charge is -2.14. The topological polar surface area (TPSA) is 30.5 Å². The number of hydrogen-bond donors (Lipinski definition) is 1. The molecule has 0 spiro atoms. The number of methoxy groups -OCH3 is 2. The highest BCUT2D eigenvalue weighted by Crippen LogP contribution is 2.36. The molecule has 0 heterocycles. The van der Waals surface area contributed by atoms with E-state index in [1.807, 2.05) is 6.07 Å². The smallest absolute Gasteiger partial charge is 0.143 e. The number of ether oxygens (including phenoxy) is 2. The van der Waals surface area contributed by atoms with E-state index < -0.39 is 0 Å². The van der Waals surface area contributed by atoms with Crippen molar-refractivity contribution in [1.82, 2.24) is 0 Å². The van der Waals surface area contributed by atoms with E-state index in [2.05, 4.69) is 36.5 Å². The van der Waals surface area contributed by atoms with Gasteiger partial charge in [-0.25, -0.2) is 0 Å². The molecule has 0 saturated carbocycles. The molecule has 0 amide bonds. The van der Waals surface area contributed by atoms with Gasteiger partial charge in [0.2, 0.25) is 0 Å². The van der Waals surface area contributed by atoms with Crippen molar-refractivity contribution in [2.24, 2.45) is 0 Å². The van der Waals surface area contributed by atoms with E-state index in [9.17, 15) is 0 Å². The van der Waals surface area contributed by atoms with E-state index in [1.165, 1.54) is 11.1 Å². The van der Waals surface area contributed by atoms with Crippen LogP contribution < -0.4 is 14.8 Å². The van der Waals surface area contributed by atoms with Gasteiger partial charge in [-0.1, -0.05) is 41.4 Å². The molecule has 0 aromatic heterocycles. The molecule has 0 bridgehead atoms. The summed E-state index contributed by atoms with van der Waals surface area (Å²) in [5.74, 6) is 1.32. The maximum atomic E-state index is 6.08. The third kappa shape index (κ3) is 3.36. The van der Waals surface area contributed by atoms with Crippen LogP contribution in [-0.4, -0.2) is 14.2 Å². The van der Waals surface area contributed by atoms with Crippen LogP contribution in [0.3, 0.4) is 0 Å². The second-order valence-corrected chi connectivity index (χ2v) is 4.93. The normalized spacial score (nSPS) is 10.2. The molecule has 4 heteroatoms. The van der Waals surface area contributed by atoms with E-state index in [-0.39, 0.29) is 0 Å². The summed E-state index contributed by atoms with van der Waals surface area (Å²) in [6.07, 6.45) is 0. The highest BCUT2D eigenvalue weighted by Gasteiger charge is 2.09. The Morgan fingerprint density at radius 1 is 1.00 bits per heavy atom. The average Bonchev–Trinajstić information content (AvgIpc) is 2.47. The van der Waals surface area contributed by atoms with Crippen molar-refractivity contribution in [1.29, 1.82) is 0 Å². The van der Waals surface area contributed by atoms with Crippen molar-refractivity contribution >= 4 is 17.3 Å². The minimum Gasteiger partial charge on any atom is -0.495 e. The summed E-state index contributed by atoms with van der Waals surface area (Å²) in [4.78, 5) is 0. The molecule has 2 rings (SSSR count). The average molecular weight is 292 g/mol. The Morgan fingerprint density at radius 3 is 2.25 bits per heavy atom. The Hall–Kier alpha value is -1.87. The first kappa shape index (κ1) is 14.5. The van der Waals surface area contributed by atoms with Crippen LogP contribution in [0.15, 0.2) is 36.4 Å². The fraction of sp³-hybridized carbons (Fsp3) is 0.250. The molecule has 106 valence electrons. The Kier molecular flexibility index (Phi) is 4.74. The van der Waals surface area contributed by atoms with Crippen molar-refractivity contribution in [2.75, 3.05) is 19.5 Å². The van der Waals surface area contributed by atoms with Gasteiger partial charge in [-0.3, -0.25) is 0 Å². The third-order valence-corrected chi connectivity index (χ3v) is 3.37. The second kappa shape index (κ2) is 6.53. The monoisotopic (exact) mass is 291 g/mol. The number of rotatable bonds is 5. The zero-order valence-electron chi connectivity index (χ0n) is 11.9. The predicted molar refractivity (Wildman–Crippen MR) is 83.1 cm³/mol. The number of benzene rings is 2. The van der Waals surface area contributed by atoms with Crippen molar-refractivity contribution < 1.29 is 9.47 Å². The Labute approximate surface area is 124 Å². The largest absolute Gasteiger partial charge is 0.495 e. The lowest BCUT2D eigenvalue weighted by Crippen LogP contribution is -2.02. The number of aryl methyl sites for hydroxylation is 1. The van der Waals surface area contributed by atoms with Gasteiger partial charge in [-0.2, -0.15) is 0 Å². The molecule has 20 heavy (non-hydrogen) atoms. The highest BCUT2D eigenvalue weighted by molar-refractivity contribution is 6.32. The standard InChI is InChI=1S/C16H18ClNO2/c1-11-4-6-12(7-5-11)10-18-14-9-15(19-2)13(17)8-16(14)20-3/h4-9,18H,10H2,1-3H3. The summed E-state index contributed by atoms with van der Waals surface area (Å²) in [7, 11) is 3.21. The van der Waals surface area contributed by atoms with Crippen molar-refractivity contribution in [3.05, 3.63) is 52.5 Å². The van der Waals surface area contributed by atoms with E-state index >= 15 is 0 Å². The van der Waals surface area contributed by atoms with Crippen LogP contribution in [0.1, 0.15) is 11.1 Å². The molecular formula is C16H18ClNO2. The maximum absolute atomic E-state index is 6.08. The van der Waals surface area contributed by atoms with E-state index in [0.29, 0.717) is 23.1 Å². The Balaban J connectivity index is 2.17. The molecule has 0 fully saturated rings. The minimum absolute atomic E-state index is 0.533. The van der Waals surface area contributed by atoms with E-state index in [4.69, 9.17) is 21.1 Å². The van der Waals surface area contributed by atoms with Crippen LogP contribution >= 0.6 is 11.6 Å². The molecular weight excluding hydrogens is 274 g/mol. The zero-order valence-corrected chi connectivity index (χ0v) is 12.6. The summed E-state index contributed by atoms with van der Waals surface area (Å²) in [6.45, 7) is 2.78. The van der Waals surface area contributed by atoms with Crippen molar-refractivity contribution in [3.63, 3.8) is 0 Å². The molecule has 3 nitrogen and oxygen atoms in total. The third-order valence-electron chi connectivity index (χ3n) is 3.08. The molecule has 0 atom stereocenters. The molecule has 1 N–H and O–H groups in total. The van der Waals surface area contributed by atoms with E-state index in [1.54, 1.807) is 20.3 Å². The van der Waals surface area contributed by atoms with Crippen molar-refractivity contribution in [3.8, 4) is 11.5 Å². The number of hydrogen-bond acceptors (Lipinski definition) is 3. The first-order valence-electron chi connectivity index (χ1n) is 6.35. The highest BCUT2D eigenvalue weighted by atomic mass is 35.5. The lowest BCUT2D eigenvalue weighted by molar-refractivity contribution is 0.404. The molecule has 2 aromatic carbocycles. The van der Waals surface area contributed by atoms with Crippen LogP contribution in [0.25, 0.3) is 0 Å². The Morgan fingerprint density at radius 2 is 1.65 bits per heavy atom. The number of nitrogens with one attached hydrogen (secondary N) is 1.